The Morgan fingerprint density at radius 1 is 1.10 bits per heavy atom. The van der Waals surface area contributed by atoms with Crippen LogP contribution in [0.15, 0.2) is 54.6 Å². The van der Waals surface area contributed by atoms with Crippen molar-refractivity contribution in [2.45, 2.75) is 18.8 Å². The Hall–Kier alpha value is -2.49. The molecular formula is C17H15NO3. The van der Waals surface area contributed by atoms with Crippen molar-refractivity contribution < 1.29 is 9.72 Å². The molecule has 106 valence electrons. The van der Waals surface area contributed by atoms with Gasteiger partial charge in [0.1, 0.15) is 5.78 Å². The molecule has 2 atom stereocenters. The summed E-state index contributed by atoms with van der Waals surface area (Å²) in [6.45, 7) is 0. The minimum Gasteiger partial charge on any atom is -0.299 e. The quantitative estimate of drug-likeness (QED) is 0.622. The average Bonchev–Trinajstić information content (AvgIpc) is 3.29. The Labute approximate surface area is 122 Å². The van der Waals surface area contributed by atoms with Gasteiger partial charge in [-0.25, -0.2) is 0 Å². The van der Waals surface area contributed by atoms with Crippen LogP contribution in [0.5, 0.6) is 0 Å². The lowest BCUT2D eigenvalue weighted by atomic mass is 10.0. The third kappa shape index (κ3) is 2.99. The van der Waals surface area contributed by atoms with Crippen LogP contribution in [0.4, 0.5) is 5.69 Å². The van der Waals surface area contributed by atoms with E-state index < -0.39 is 4.92 Å². The van der Waals surface area contributed by atoms with Gasteiger partial charge in [0, 0.05) is 24.5 Å². The fourth-order valence-corrected chi connectivity index (χ4v) is 2.69. The van der Waals surface area contributed by atoms with Gasteiger partial charge in [-0.2, -0.15) is 0 Å². The molecule has 0 aromatic heterocycles. The molecule has 1 fully saturated rings. The van der Waals surface area contributed by atoms with Crippen LogP contribution in [-0.4, -0.2) is 10.7 Å². The van der Waals surface area contributed by atoms with E-state index in [4.69, 9.17) is 0 Å². The molecule has 0 heterocycles. The number of benzene rings is 2. The highest BCUT2D eigenvalue weighted by molar-refractivity contribution is 5.87. The molecule has 0 bridgehead atoms. The summed E-state index contributed by atoms with van der Waals surface area (Å²) in [5.41, 5.74) is 2.11. The van der Waals surface area contributed by atoms with Crippen LogP contribution in [0, 0.1) is 16.0 Å². The van der Waals surface area contributed by atoms with E-state index in [0.29, 0.717) is 12.3 Å². The summed E-state index contributed by atoms with van der Waals surface area (Å²) in [7, 11) is 0. The molecule has 1 saturated carbocycles. The predicted molar refractivity (Wildman–Crippen MR) is 79.1 cm³/mol. The van der Waals surface area contributed by atoms with E-state index >= 15 is 0 Å². The van der Waals surface area contributed by atoms with Gasteiger partial charge in [-0.3, -0.25) is 14.9 Å². The number of nitro benzene ring substituents is 1. The van der Waals surface area contributed by atoms with Gasteiger partial charge in [0.25, 0.3) is 5.69 Å². The first-order valence-electron chi connectivity index (χ1n) is 6.96. The molecule has 2 aromatic carbocycles. The summed E-state index contributed by atoms with van der Waals surface area (Å²) >= 11 is 0. The highest BCUT2D eigenvalue weighted by atomic mass is 16.6. The zero-order valence-electron chi connectivity index (χ0n) is 11.4. The Kier molecular flexibility index (Phi) is 3.52. The Balaban J connectivity index is 1.62. The second-order valence-electron chi connectivity index (χ2n) is 5.43. The lowest BCUT2D eigenvalue weighted by Gasteiger charge is -2.02. The van der Waals surface area contributed by atoms with E-state index in [1.807, 2.05) is 18.2 Å². The SMILES string of the molecule is O=C(Cc1ccc([N+](=O)[O-])cc1)C1CC1c1ccccc1. The molecular weight excluding hydrogens is 266 g/mol. The molecule has 21 heavy (non-hydrogen) atoms. The summed E-state index contributed by atoms with van der Waals surface area (Å²) in [5.74, 6) is 0.664. The van der Waals surface area contributed by atoms with Gasteiger partial charge in [-0.15, -0.1) is 0 Å². The molecule has 4 nitrogen and oxygen atoms in total. The van der Waals surface area contributed by atoms with Crippen LogP contribution < -0.4 is 0 Å². The Morgan fingerprint density at radius 2 is 1.76 bits per heavy atom. The van der Waals surface area contributed by atoms with Crippen molar-refractivity contribution in [1.82, 2.24) is 0 Å². The van der Waals surface area contributed by atoms with E-state index in [1.165, 1.54) is 17.7 Å². The van der Waals surface area contributed by atoms with E-state index in [-0.39, 0.29) is 17.4 Å². The molecule has 2 unspecified atom stereocenters. The lowest BCUT2D eigenvalue weighted by molar-refractivity contribution is -0.384. The molecule has 2 aromatic rings. The number of carbonyl (C=O) groups excluding carboxylic acids is 1. The van der Waals surface area contributed by atoms with E-state index in [1.54, 1.807) is 12.1 Å². The number of hydrogen-bond donors (Lipinski definition) is 0. The molecule has 4 heteroatoms. The van der Waals surface area contributed by atoms with Gasteiger partial charge >= 0.3 is 0 Å². The van der Waals surface area contributed by atoms with E-state index in [9.17, 15) is 14.9 Å². The maximum absolute atomic E-state index is 12.2. The van der Waals surface area contributed by atoms with Crippen molar-refractivity contribution in [3.63, 3.8) is 0 Å². The number of non-ortho nitro benzene ring substituents is 1. The fraction of sp³-hybridized carbons (Fsp3) is 0.235. The predicted octanol–water partition coefficient (Wildman–Crippen LogP) is 3.51. The normalized spacial score (nSPS) is 20.0. The summed E-state index contributed by atoms with van der Waals surface area (Å²) in [6.07, 6.45) is 1.27. The average molecular weight is 281 g/mol. The molecule has 0 aliphatic heterocycles. The van der Waals surface area contributed by atoms with Crippen LogP contribution in [0.3, 0.4) is 0 Å². The first-order chi connectivity index (χ1) is 10.1. The molecule has 0 radical (unpaired) electrons. The smallest absolute Gasteiger partial charge is 0.269 e. The number of nitrogens with zero attached hydrogens (tertiary/aromatic N) is 1. The van der Waals surface area contributed by atoms with E-state index in [2.05, 4.69) is 12.1 Å². The highest BCUT2D eigenvalue weighted by Crippen LogP contribution is 2.48. The first kappa shape index (κ1) is 13.5. The monoisotopic (exact) mass is 281 g/mol. The third-order valence-electron chi connectivity index (χ3n) is 3.96. The number of nitro groups is 1. The Morgan fingerprint density at radius 3 is 2.38 bits per heavy atom. The van der Waals surface area contributed by atoms with Crippen LogP contribution in [-0.2, 0) is 11.2 Å². The molecule has 0 amide bonds. The van der Waals surface area contributed by atoms with Crippen LogP contribution in [0.2, 0.25) is 0 Å². The second-order valence-corrected chi connectivity index (χ2v) is 5.43. The van der Waals surface area contributed by atoms with Gasteiger partial charge in [-0.1, -0.05) is 42.5 Å². The van der Waals surface area contributed by atoms with Crippen molar-refractivity contribution in [2.75, 3.05) is 0 Å². The fourth-order valence-electron chi connectivity index (χ4n) is 2.69. The zero-order chi connectivity index (χ0) is 14.8. The first-order valence-corrected chi connectivity index (χ1v) is 6.96. The van der Waals surface area contributed by atoms with Crippen molar-refractivity contribution in [2.24, 2.45) is 5.92 Å². The Bertz CT molecular complexity index is 664. The molecule has 0 saturated heterocycles. The summed E-state index contributed by atoms with van der Waals surface area (Å²) in [6, 6.07) is 16.3. The topological polar surface area (TPSA) is 60.2 Å². The van der Waals surface area contributed by atoms with Gasteiger partial charge in [0.15, 0.2) is 0 Å². The van der Waals surface area contributed by atoms with Gasteiger partial charge in [0.05, 0.1) is 4.92 Å². The van der Waals surface area contributed by atoms with Crippen molar-refractivity contribution in [3.05, 3.63) is 75.8 Å². The summed E-state index contributed by atoms with van der Waals surface area (Å²) in [4.78, 5) is 22.4. The second kappa shape index (κ2) is 5.48. The van der Waals surface area contributed by atoms with Crippen molar-refractivity contribution >= 4 is 11.5 Å². The standard InChI is InChI=1S/C17H15NO3/c19-17(10-12-6-8-14(9-7-12)18(20)21)16-11-15(16)13-4-2-1-3-5-13/h1-9,15-16H,10-11H2. The lowest BCUT2D eigenvalue weighted by Crippen LogP contribution is -2.06. The number of ketones is 1. The van der Waals surface area contributed by atoms with Crippen LogP contribution in [0.1, 0.15) is 23.5 Å². The number of hydrogen-bond acceptors (Lipinski definition) is 3. The third-order valence-corrected chi connectivity index (χ3v) is 3.96. The minimum absolute atomic E-state index is 0.0554. The minimum atomic E-state index is -0.433. The number of carbonyl (C=O) groups is 1. The van der Waals surface area contributed by atoms with Crippen molar-refractivity contribution in [1.29, 1.82) is 0 Å². The van der Waals surface area contributed by atoms with Crippen LogP contribution >= 0.6 is 0 Å². The zero-order valence-corrected chi connectivity index (χ0v) is 11.4. The largest absolute Gasteiger partial charge is 0.299 e. The molecule has 1 aliphatic rings. The van der Waals surface area contributed by atoms with Gasteiger partial charge < -0.3 is 0 Å². The highest BCUT2D eigenvalue weighted by Gasteiger charge is 2.43. The summed E-state index contributed by atoms with van der Waals surface area (Å²) in [5, 5.41) is 10.6. The molecule has 3 rings (SSSR count). The maximum Gasteiger partial charge on any atom is 0.269 e. The van der Waals surface area contributed by atoms with Gasteiger partial charge in [-0.05, 0) is 23.5 Å². The summed E-state index contributed by atoms with van der Waals surface area (Å²) < 4.78 is 0. The molecule has 0 spiro atoms. The molecule has 0 N–H and O–H groups in total. The van der Waals surface area contributed by atoms with Crippen LogP contribution in [0.25, 0.3) is 0 Å². The maximum atomic E-state index is 12.2. The van der Waals surface area contributed by atoms with Gasteiger partial charge in [0.2, 0.25) is 0 Å². The van der Waals surface area contributed by atoms with E-state index in [0.717, 1.165) is 12.0 Å². The molecule has 1 aliphatic carbocycles. The number of Topliss-reactive ketones (excluding diaryl/α,β-unsaturated/α-hetero) is 1. The van der Waals surface area contributed by atoms with Crippen molar-refractivity contribution in [3.8, 4) is 0 Å². The number of rotatable bonds is 5.